The Morgan fingerprint density at radius 1 is 1.47 bits per heavy atom. The maximum Gasteiger partial charge on any atom is 0.412 e. The fraction of sp³-hybridized carbons (Fsp3) is 0.667. The number of nitrogens with one attached hydrogen (secondary N) is 1. The number of alkyl halides is 3. The quantitative estimate of drug-likeness (QED) is 0.570. The standard InChI is InChI=1S/C9H14F3NO2/c1-7(9(10,11)12)6-8(14)13-4-3-5-15-2/h6H,3-5H2,1-2H3,(H,13,14). The molecule has 0 fully saturated rings. The topological polar surface area (TPSA) is 38.3 Å². The highest BCUT2D eigenvalue weighted by atomic mass is 19.4. The number of hydrogen-bond donors (Lipinski definition) is 1. The van der Waals surface area contributed by atoms with Gasteiger partial charge in [-0.15, -0.1) is 0 Å². The molecule has 0 aliphatic heterocycles. The van der Waals surface area contributed by atoms with E-state index in [1.54, 1.807) is 0 Å². The normalized spacial score (nSPS) is 12.7. The summed E-state index contributed by atoms with van der Waals surface area (Å²) in [6.45, 7) is 1.62. The van der Waals surface area contributed by atoms with Crippen molar-refractivity contribution in [3.05, 3.63) is 11.6 Å². The van der Waals surface area contributed by atoms with Gasteiger partial charge < -0.3 is 10.1 Å². The average Bonchev–Trinajstić information content (AvgIpc) is 2.11. The van der Waals surface area contributed by atoms with Gasteiger partial charge in [0.25, 0.3) is 0 Å². The third kappa shape index (κ3) is 6.96. The van der Waals surface area contributed by atoms with Crippen LogP contribution >= 0.6 is 0 Å². The van der Waals surface area contributed by atoms with E-state index in [9.17, 15) is 18.0 Å². The Hall–Kier alpha value is -1.04. The van der Waals surface area contributed by atoms with E-state index in [1.165, 1.54) is 7.11 Å². The van der Waals surface area contributed by atoms with Crippen molar-refractivity contribution in [3.8, 4) is 0 Å². The van der Waals surface area contributed by atoms with Crippen molar-refractivity contribution >= 4 is 5.91 Å². The molecule has 0 aromatic rings. The van der Waals surface area contributed by atoms with E-state index >= 15 is 0 Å². The lowest BCUT2D eigenvalue weighted by atomic mass is 10.2. The molecule has 1 amide bonds. The van der Waals surface area contributed by atoms with Crippen LogP contribution in [-0.2, 0) is 9.53 Å². The summed E-state index contributed by atoms with van der Waals surface area (Å²) in [5, 5.41) is 2.33. The number of methoxy groups -OCH3 is 1. The second-order valence-electron chi connectivity index (χ2n) is 2.96. The number of carbonyl (C=O) groups is 1. The summed E-state index contributed by atoms with van der Waals surface area (Å²) in [5.74, 6) is -0.735. The van der Waals surface area contributed by atoms with Gasteiger partial charge in [0.1, 0.15) is 0 Å². The molecule has 0 atom stereocenters. The van der Waals surface area contributed by atoms with Crippen LogP contribution < -0.4 is 5.32 Å². The molecule has 0 bridgehead atoms. The van der Waals surface area contributed by atoms with Crippen molar-refractivity contribution in [2.24, 2.45) is 0 Å². The van der Waals surface area contributed by atoms with Gasteiger partial charge in [-0.3, -0.25) is 4.79 Å². The molecule has 1 N–H and O–H groups in total. The molecule has 6 heteroatoms. The van der Waals surface area contributed by atoms with Crippen molar-refractivity contribution in [3.63, 3.8) is 0 Å². The molecule has 0 unspecified atom stereocenters. The molecule has 0 aromatic heterocycles. The number of rotatable bonds is 5. The number of amides is 1. The first-order chi connectivity index (χ1) is 6.88. The number of hydrogen-bond acceptors (Lipinski definition) is 2. The lowest BCUT2D eigenvalue weighted by Gasteiger charge is -2.06. The van der Waals surface area contributed by atoms with Crippen LogP contribution in [0.4, 0.5) is 13.2 Å². The lowest BCUT2D eigenvalue weighted by molar-refractivity contribution is -0.118. The molecule has 0 saturated carbocycles. The highest BCUT2D eigenvalue weighted by Crippen LogP contribution is 2.24. The number of carbonyl (C=O) groups excluding carboxylic acids is 1. The van der Waals surface area contributed by atoms with E-state index < -0.39 is 17.7 Å². The molecule has 0 aromatic carbocycles. The summed E-state index contributed by atoms with van der Waals surface area (Å²) in [4.78, 5) is 10.9. The van der Waals surface area contributed by atoms with Gasteiger partial charge in [-0.25, -0.2) is 0 Å². The summed E-state index contributed by atoms with van der Waals surface area (Å²) in [5.41, 5.74) is -0.910. The van der Waals surface area contributed by atoms with Crippen LogP contribution in [0.5, 0.6) is 0 Å². The minimum atomic E-state index is -4.44. The summed E-state index contributed by atoms with van der Waals surface area (Å²) in [7, 11) is 1.51. The van der Waals surface area contributed by atoms with E-state index in [-0.39, 0.29) is 0 Å². The second kappa shape index (κ2) is 6.44. The molecular formula is C9H14F3NO2. The van der Waals surface area contributed by atoms with E-state index in [1.807, 2.05) is 0 Å². The molecule has 0 aliphatic carbocycles. The summed E-state index contributed by atoms with van der Waals surface area (Å²) < 4.78 is 40.7. The summed E-state index contributed by atoms with van der Waals surface area (Å²) in [6.07, 6.45) is -3.32. The van der Waals surface area contributed by atoms with Crippen LogP contribution in [0.3, 0.4) is 0 Å². The minimum absolute atomic E-state index is 0.300. The molecule has 0 spiro atoms. The van der Waals surface area contributed by atoms with Crippen LogP contribution in [0, 0.1) is 0 Å². The smallest absolute Gasteiger partial charge is 0.385 e. The average molecular weight is 225 g/mol. The molecular weight excluding hydrogens is 211 g/mol. The van der Waals surface area contributed by atoms with Gasteiger partial charge in [-0.2, -0.15) is 13.2 Å². The first-order valence-electron chi connectivity index (χ1n) is 4.40. The molecule has 0 saturated heterocycles. The van der Waals surface area contributed by atoms with Crippen molar-refractivity contribution in [1.82, 2.24) is 5.32 Å². The molecule has 0 rings (SSSR count). The van der Waals surface area contributed by atoms with Crippen LogP contribution in [-0.4, -0.2) is 32.3 Å². The van der Waals surface area contributed by atoms with E-state index in [0.717, 1.165) is 6.92 Å². The molecule has 88 valence electrons. The van der Waals surface area contributed by atoms with Gasteiger partial charge in [0.05, 0.1) is 0 Å². The Balaban J connectivity index is 3.92. The summed E-state index contributed by atoms with van der Waals surface area (Å²) >= 11 is 0. The van der Waals surface area contributed by atoms with Gasteiger partial charge in [0, 0.05) is 31.9 Å². The highest BCUT2D eigenvalue weighted by Gasteiger charge is 2.30. The fourth-order valence-corrected chi connectivity index (χ4v) is 0.758. The zero-order chi connectivity index (χ0) is 11.9. The zero-order valence-electron chi connectivity index (χ0n) is 8.65. The van der Waals surface area contributed by atoms with Crippen LogP contribution in [0.25, 0.3) is 0 Å². The molecule has 0 radical (unpaired) electrons. The largest absolute Gasteiger partial charge is 0.412 e. The van der Waals surface area contributed by atoms with Gasteiger partial charge in [0.2, 0.25) is 5.91 Å². The van der Waals surface area contributed by atoms with Crippen molar-refractivity contribution in [1.29, 1.82) is 0 Å². The molecule has 0 heterocycles. The third-order valence-electron chi connectivity index (χ3n) is 1.62. The first-order valence-corrected chi connectivity index (χ1v) is 4.40. The molecule has 0 aliphatic rings. The van der Waals surface area contributed by atoms with Gasteiger partial charge >= 0.3 is 6.18 Å². The summed E-state index contributed by atoms with van der Waals surface area (Å²) in [6, 6.07) is 0. The van der Waals surface area contributed by atoms with Crippen molar-refractivity contribution < 1.29 is 22.7 Å². The Morgan fingerprint density at radius 2 is 2.07 bits per heavy atom. The lowest BCUT2D eigenvalue weighted by Crippen LogP contribution is -2.24. The maximum absolute atomic E-state index is 12.0. The van der Waals surface area contributed by atoms with Gasteiger partial charge in [0.15, 0.2) is 0 Å². The van der Waals surface area contributed by atoms with Crippen LogP contribution in [0.1, 0.15) is 13.3 Å². The van der Waals surface area contributed by atoms with Crippen molar-refractivity contribution in [2.45, 2.75) is 19.5 Å². The predicted molar refractivity (Wildman–Crippen MR) is 49.3 cm³/mol. The Bertz CT molecular complexity index is 236. The first kappa shape index (κ1) is 14.0. The Morgan fingerprint density at radius 3 is 2.53 bits per heavy atom. The minimum Gasteiger partial charge on any atom is -0.385 e. The Kier molecular flexibility index (Phi) is 6.00. The number of halogens is 3. The third-order valence-corrected chi connectivity index (χ3v) is 1.62. The maximum atomic E-state index is 12.0. The van der Waals surface area contributed by atoms with Gasteiger partial charge in [-0.1, -0.05) is 0 Å². The van der Waals surface area contributed by atoms with E-state index in [4.69, 9.17) is 4.74 Å². The van der Waals surface area contributed by atoms with E-state index in [2.05, 4.69) is 5.32 Å². The predicted octanol–water partition coefficient (Wildman–Crippen LogP) is 1.65. The fourth-order valence-electron chi connectivity index (χ4n) is 0.758. The zero-order valence-corrected chi connectivity index (χ0v) is 8.65. The number of ether oxygens (including phenoxy) is 1. The van der Waals surface area contributed by atoms with Crippen molar-refractivity contribution in [2.75, 3.05) is 20.3 Å². The van der Waals surface area contributed by atoms with Crippen LogP contribution in [0.15, 0.2) is 11.6 Å². The number of allylic oxidation sites excluding steroid dienone is 1. The Labute approximate surface area is 86.3 Å². The SMILES string of the molecule is COCCCNC(=O)C=C(C)C(F)(F)F. The van der Waals surface area contributed by atoms with Crippen LogP contribution in [0.2, 0.25) is 0 Å². The monoisotopic (exact) mass is 225 g/mol. The highest BCUT2D eigenvalue weighted by molar-refractivity contribution is 5.88. The molecule has 3 nitrogen and oxygen atoms in total. The molecule has 15 heavy (non-hydrogen) atoms. The second-order valence-corrected chi connectivity index (χ2v) is 2.96. The van der Waals surface area contributed by atoms with E-state index in [0.29, 0.717) is 25.6 Å². The van der Waals surface area contributed by atoms with Gasteiger partial charge in [-0.05, 0) is 13.3 Å².